The van der Waals surface area contributed by atoms with Gasteiger partial charge in [0.1, 0.15) is 0 Å². The van der Waals surface area contributed by atoms with E-state index in [4.69, 9.17) is 17.3 Å². The first-order valence-electron chi connectivity index (χ1n) is 9.34. The summed E-state index contributed by atoms with van der Waals surface area (Å²) in [5.41, 5.74) is 3.36. The Bertz CT molecular complexity index is 1040. The second-order valence-electron chi connectivity index (χ2n) is 6.38. The first-order valence-corrected chi connectivity index (χ1v) is 9.75. The molecule has 7 heteroatoms. The molecule has 0 aromatic heterocycles. The minimum Gasteiger partial charge on any atom is -0.395 e. The van der Waals surface area contributed by atoms with Crippen LogP contribution in [0.25, 0.3) is 11.1 Å². The van der Waals surface area contributed by atoms with Crippen molar-refractivity contribution in [1.29, 1.82) is 0 Å². The highest BCUT2D eigenvalue weighted by Gasteiger charge is 2.13. The average molecular weight is 420 g/mol. The third kappa shape index (κ3) is 5.50. The van der Waals surface area contributed by atoms with Crippen molar-refractivity contribution in [3.05, 3.63) is 90.0 Å². The smallest absolute Gasteiger partial charge is 0.257 e. The molecular weight excluding hydrogens is 398 g/mol. The van der Waals surface area contributed by atoms with Crippen LogP contribution in [0.2, 0.25) is 0 Å². The zero-order valence-electron chi connectivity index (χ0n) is 16.1. The van der Waals surface area contributed by atoms with E-state index in [9.17, 15) is 9.59 Å². The number of carbonyl (C=O) groups is 2. The highest BCUT2D eigenvalue weighted by Crippen LogP contribution is 2.19. The number of aliphatic hydroxyl groups excluding tert-OH is 1. The Morgan fingerprint density at radius 1 is 0.800 bits per heavy atom. The maximum absolute atomic E-state index is 12.5. The van der Waals surface area contributed by atoms with Gasteiger partial charge in [0.15, 0.2) is 5.11 Å². The summed E-state index contributed by atoms with van der Waals surface area (Å²) in [6.07, 6.45) is 0. The summed E-state index contributed by atoms with van der Waals surface area (Å²) >= 11 is 5.23. The third-order valence-corrected chi connectivity index (χ3v) is 4.50. The third-order valence-electron chi connectivity index (χ3n) is 4.30. The number of benzene rings is 3. The van der Waals surface area contributed by atoms with Crippen LogP contribution in [0.1, 0.15) is 20.7 Å². The highest BCUT2D eigenvalue weighted by atomic mass is 32.1. The van der Waals surface area contributed by atoms with Crippen LogP contribution >= 0.6 is 12.2 Å². The van der Waals surface area contributed by atoms with E-state index in [1.54, 1.807) is 36.4 Å². The maximum Gasteiger partial charge on any atom is 0.257 e. The molecule has 4 N–H and O–H groups in total. The van der Waals surface area contributed by atoms with Crippen LogP contribution in [0.15, 0.2) is 78.9 Å². The van der Waals surface area contributed by atoms with Crippen molar-refractivity contribution in [3.63, 3.8) is 0 Å². The molecule has 3 rings (SSSR count). The molecular formula is C23H21N3O3S. The van der Waals surface area contributed by atoms with Gasteiger partial charge in [0, 0.05) is 12.1 Å². The molecule has 0 heterocycles. The standard InChI is InChI=1S/C23H21N3O3S/c27-15-14-24-22(29)19-8-4-5-9-20(19)25-23(30)26-21(28)18-12-10-17(11-13-18)16-6-2-1-3-7-16/h1-13,27H,14-15H2,(H,24,29)(H2,25,26,28,30). The molecule has 6 nitrogen and oxygen atoms in total. The van der Waals surface area contributed by atoms with Crippen molar-refractivity contribution < 1.29 is 14.7 Å². The van der Waals surface area contributed by atoms with Crippen molar-refractivity contribution in [2.24, 2.45) is 0 Å². The van der Waals surface area contributed by atoms with E-state index >= 15 is 0 Å². The Balaban J connectivity index is 1.64. The first-order chi connectivity index (χ1) is 14.6. The van der Waals surface area contributed by atoms with Gasteiger partial charge in [-0.2, -0.15) is 0 Å². The summed E-state index contributed by atoms with van der Waals surface area (Å²) in [7, 11) is 0. The first kappa shape index (κ1) is 21.2. The lowest BCUT2D eigenvalue weighted by atomic mass is 10.0. The van der Waals surface area contributed by atoms with Crippen LogP contribution in [0.5, 0.6) is 0 Å². The van der Waals surface area contributed by atoms with Gasteiger partial charge in [-0.3, -0.25) is 14.9 Å². The number of amides is 2. The van der Waals surface area contributed by atoms with E-state index in [0.29, 0.717) is 16.8 Å². The van der Waals surface area contributed by atoms with Gasteiger partial charge in [-0.05, 0) is 47.6 Å². The predicted molar refractivity (Wildman–Crippen MR) is 121 cm³/mol. The number of carbonyl (C=O) groups excluding carboxylic acids is 2. The number of rotatable bonds is 6. The van der Waals surface area contributed by atoms with E-state index in [1.807, 2.05) is 42.5 Å². The second kappa shape index (κ2) is 10.3. The summed E-state index contributed by atoms with van der Waals surface area (Å²) in [5.74, 6) is -0.702. The molecule has 152 valence electrons. The molecule has 3 aromatic carbocycles. The Morgan fingerprint density at radius 2 is 1.43 bits per heavy atom. The molecule has 0 saturated heterocycles. The SMILES string of the molecule is O=C(NC(=S)Nc1ccccc1C(=O)NCCO)c1ccc(-c2ccccc2)cc1. The molecule has 0 saturated carbocycles. The molecule has 0 aliphatic heterocycles. The van der Waals surface area contributed by atoms with Gasteiger partial charge in [-0.15, -0.1) is 0 Å². The largest absolute Gasteiger partial charge is 0.395 e. The van der Waals surface area contributed by atoms with Gasteiger partial charge in [0.05, 0.1) is 17.9 Å². The van der Waals surface area contributed by atoms with Gasteiger partial charge >= 0.3 is 0 Å². The van der Waals surface area contributed by atoms with Crippen molar-refractivity contribution in [3.8, 4) is 11.1 Å². The van der Waals surface area contributed by atoms with Crippen molar-refractivity contribution in [2.75, 3.05) is 18.5 Å². The Kier molecular flexibility index (Phi) is 7.26. The Hall–Kier alpha value is -3.55. The summed E-state index contributed by atoms with van der Waals surface area (Å²) in [5, 5.41) is 17.0. The maximum atomic E-state index is 12.5. The molecule has 0 fully saturated rings. The Labute approximate surface area is 179 Å². The summed E-state index contributed by atoms with van der Waals surface area (Å²) < 4.78 is 0. The van der Waals surface area contributed by atoms with Gasteiger partial charge < -0.3 is 15.7 Å². The van der Waals surface area contributed by atoms with E-state index < -0.39 is 0 Å². The minimum atomic E-state index is -0.352. The topological polar surface area (TPSA) is 90.5 Å². The summed E-state index contributed by atoms with van der Waals surface area (Å²) in [4.78, 5) is 24.7. The van der Waals surface area contributed by atoms with Crippen LogP contribution < -0.4 is 16.0 Å². The zero-order valence-corrected chi connectivity index (χ0v) is 16.9. The summed E-state index contributed by atoms with van der Waals surface area (Å²) in [6.45, 7) is -0.00774. The van der Waals surface area contributed by atoms with Crippen molar-refractivity contribution in [1.82, 2.24) is 10.6 Å². The molecule has 0 bridgehead atoms. The van der Waals surface area contributed by atoms with Gasteiger partial charge in [0.25, 0.3) is 11.8 Å². The average Bonchev–Trinajstić information content (AvgIpc) is 2.78. The fourth-order valence-corrected chi connectivity index (χ4v) is 3.03. The minimum absolute atomic E-state index is 0.0783. The lowest BCUT2D eigenvalue weighted by molar-refractivity contribution is 0.0944. The van der Waals surface area contributed by atoms with E-state index in [1.165, 1.54) is 0 Å². The molecule has 2 amide bonds. The molecule has 0 aliphatic carbocycles. The molecule has 0 radical (unpaired) electrons. The predicted octanol–water partition coefficient (Wildman–Crippen LogP) is 3.20. The van der Waals surface area contributed by atoms with Crippen LogP contribution in [-0.2, 0) is 0 Å². The second-order valence-corrected chi connectivity index (χ2v) is 6.78. The van der Waals surface area contributed by atoms with Gasteiger partial charge in [-0.25, -0.2) is 0 Å². The fourth-order valence-electron chi connectivity index (χ4n) is 2.83. The zero-order chi connectivity index (χ0) is 21.3. The lowest BCUT2D eigenvalue weighted by Crippen LogP contribution is -2.35. The molecule has 30 heavy (non-hydrogen) atoms. The monoisotopic (exact) mass is 419 g/mol. The van der Waals surface area contributed by atoms with Gasteiger partial charge in [0.2, 0.25) is 0 Å². The normalized spacial score (nSPS) is 10.2. The lowest BCUT2D eigenvalue weighted by Gasteiger charge is -2.13. The molecule has 0 spiro atoms. The number of hydrogen-bond acceptors (Lipinski definition) is 4. The molecule has 3 aromatic rings. The summed E-state index contributed by atoms with van der Waals surface area (Å²) in [6, 6.07) is 23.9. The molecule has 0 unspecified atom stereocenters. The number of anilines is 1. The van der Waals surface area contributed by atoms with Crippen molar-refractivity contribution >= 4 is 34.8 Å². The molecule has 0 atom stereocenters. The van der Waals surface area contributed by atoms with Crippen LogP contribution in [0, 0.1) is 0 Å². The Morgan fingerprint density at radius 3 is 2.13 bits per heavy atom. The van der Waals surface area contributed by atoms with E-state index in [2.05, 4.69) is 16.0 Å². The fraction of sp³-hybridized carbons (Fsp3) is 0.0870. The molecule has 0 aliphatic rings. The van der Waals surface area contributed by atoms with Crippen molar-refractivity contribution in [2.45, 2.75) is 0 Å². The number of para-hydroxylation sites is 1. The van der Waals surface area contributed by atoms with Crippen LogP contribution in [-0.4, -0.2) is 35.2 Å². The van der Waals surface area contributed by atoms with Gasteiger partial charge in [-0.1, -0.05) is 54.6 Å². The number of thiocarbonyl (C=S) groups is 1. The number of hydrogen-bond donors (Lipinski definition) is 4. The number of nitrogens with one attached hydrogen (secondary N) is 3. The van der Waals surface area contributed by atoms with E-state index in [0.717, 1.165) is 11.1 Å². The highest BCUT2D eigenvalue weighted by molar-refractivity contribution is 7.80. The van der Waals surface area contributed by atoms with E-state index in [-0.39, 0.29) is 30.1 Å². The van der Waals surface area contributed by atoms with Crippen LogP contribution in [0.3, 0.4) is 0 Å². The number of aliphatic hydroxyl groups is 1. The quantitative estimate of drug-likeness (QED) is 0.461. The van der Waals surface area contributed by atoms with Crippen LogP contribution in [0.4, 0.5) is 5.69 Å².